The molecule has 2 rings (SSSR count). The molecule has 18 heavy (non-hydrogen) atoms. The fourth-order valence-corrected chi connectivity index (χ4v) is 1.88. The van der Waals surface area contributed by atoms with Crippen LogP contribution >= 0.6 is 11.6 Å². The van der Waals surface area contributed by atoms with E-state index in [9.17, 15) is 4.79 Å². The highest BCUT2D eigenvalue weighted by Gasteiger charge is 2.08. The zero-order valence-corrected chi connectivity index (χ0v) is 10.7. The zero-order chi connectivity index (χ0) is 13.0. The van der Waals surface area contributed by atoms with Gasteiger partial charge in [-0.3, -0.25) is 4.79 Å². The molecule has 1 heterocycles. The van der Waals surface area contributed by atoms with Gasteiger partial charge in [0.15, 0.2) is 6.29 Å². The molecule has 0 aliphatic carbocycles. The lowest BCUT2D eigenvalue weighted by Gasteiger charge is -2.10. The molecule has 0 saturated heterocycles. The molecule has 94 valence electrons. The fraction of sp³-hybridized carbons (Fsp3) is 0.231. The van der Waals surface area contributed by atoms with Gasteiger partial charge in [-0.25, -0.2) is 4.98 Å². The number of benzene rings is 1. The Kier molecular flexibility index (Phi) is 3.99. The number of ether oxygens (including phenoxy) is 1. The molecule has 4 nitrogen and oxygen atoms in total. The van der Waals surface area contributed by atoms with Crippen molar-refractivity contribution in [2.24, 2.45) is 0 Å². The summed E-state index contributed by atoms with van der Waals surface area (Å²) in [6, 6.07) is 5.12. The summed E-state index contributed by atoms with van der Waals surface area (Å²) in [6.45, 7) is 3.16. The molecule has 0 fully saturated rings. The monoisotopic (exact) mass is 264 g/mol. The number of aromatic nitrogens is 2. The van der Waals surface area contributed by atoms with Crippen LogP contribution in [0.5, 0.6) is 5.75 Å². The van der Waals surface area contributed by atoms with Gasteiger partial charge in [-0.2, -0.15) is 0 Å². The minimum Gasteiger partial charge on any atom is -0.485 e. The number of aryl methyl sites for hydroxylation is 1. The van der Waals surface area contributed by atoms with Crippen molar-refractivity contribution in [3.8, 4) is 5.75 Å². The van der Waals surface area contributed by atoms with E-state index in [1.54, 1.807) is 24.4 Å². The van der Waals surface area contributed by atoms with Crippen LogP contribution in [-0.2, 0) is 13.2 Å². The van der Waals surface area contributed by atoms with Crippen molar-refractivity contribution in [2.75, 3.05) is 0 Å². The van der Waals surface area contributed by atoms with Gasteiger partial charge in [-0.15, -0.1) is 0 Å². The minimum absolute atomic E-state index is 0.308. The van der Waals surface area contributed by atoms with Gasteiger partial charge in [0.25, 0.3) is 0 Å². The van der Waals surface area contributed by atoms with E-state index in [2.05, 4.69) is 4.98 Å². The molecular weight excluding hydrogens is 252 g/mol. The second-order valence-corrected chi connectivity index (χ2v) is 4.09. The maximum absolute atomic E-state index is 10.9. The number of nitrogens with zero attached hydrogens (tertiary/aromatic N) is 2. The maximum atomic E-state index is 10.9. The Labute approximate surface area is 110 Å². The van der Waals surface area contributed by atoms with E-state index < -0.39 is 0 Å². The van der Waals surface area contributed by atoms with Gasteiger partial charge in [-0.1, -0.05) is 17.7 Å². The number of aldehydes is 1. The van der Waals surface area contributed by atoms with Crippen LogP contribution in [0.4, 0.5) is 0 Å². The molecular formula is C13H13ClN2O2. The molecule has 0 aliphatic rings. The van der Waals surface area contributed by atoms with Crippen molar-refractivity contribution in [3.05, 3.63) is 47.0 Å². The molecule has 0 atom stereocenters. The smallest absolute Gasteiger partial charge is 0.155 e. The van der Waals surface area contributed by atoms with E-state index in [-0.39, 0.29) is 0 Å². The number of carbonyl (C=O) groups excluding carboxylic acids is 1. The molecule has 0 bridgehead atoms. The molecule has 5 heteroatoms. The molecule has 2 aromatic rings. The molecule has 0 saturated carbocycles. The molecule has 1 aromatic heterocycles. The van der Waals surface area contributed by atoms with Crippen molar-refractivity contribution in [1.82, 2.24) is 9.55 Å². The Balaban J connectivity index is 2.16. The van der Waals surface area contributed by atoms with Crippen LogP contribution in [0.25, 0.3) is 0 Å². The summed E-state index contributed by atoms with van der Waals surface area (Å²) in [5.41, 5.74) is 0.369. The highest BCUT2D eigenvalue weighted by molar-refractivity contribution is 6.33. The number of rotatable bonds is 5. The predicted octanol–water partition coefficient (Wildman–Crippen LogP) is 2.95. The normalized spacial score (nSPS) is 10.3. The van der Waals surface area contributed by atoms with Crippen molar-refractivity contribution in [1.29, 1.82) is 0 Å². The fourth-order valence-electron chi connectivity index (χ4n) is 1.67. The Morgan fingerprint density at radius 2 is 2.33 bits per heavy atom. The number of carbonyl (C=O) groups is 1. The largest absolute Gasteiger partial charge is 0.485 e. The summed E-state index contributed by atoms with van der Waals surface area (Å²) >= 11 is 5.92. The number of hydrogen-bond donors (Lipinski definition) is 0. The first-order chi connectivity index (χ1) is 8.76. The van der Waals surface area contributed by atoms with Crippen LogP contribution in [0.15, 0.2) is 30.6 Å². The average Bonchev–Trinajstić information content (AvgIpc) is 2.83. The summed E-state index contributed by atoms with van der Waals surface area (Å²) in [5, 5.41) is 0.390. The van der Waals surface area contributed by atoms with Gasteiger partial charge in [0.05, 0.1) is 10.6 Å². The molecule has 0 amide bonds. The van der Waals surface area contributed by atoms with Crippen molar-refractivity contribution >= 4 is 17.9 Å². The lowest BCUT2D eigenvalue weighted by Crippen LogP contribution is -2.06. The highest BCUT2D eigenvalue weighted by Crippen LogP contribution is 2.25. The Bertz CT molecular complexity index is 552. The SMILES string of the molecule is CCn1ccnc1COc1cccc(Cl)c1C=O. The molecule has 0 unspecified atom stereocenters. The topological polar surface area (TPSA) is 44.1 Å². The first-order valence-electron chi connectivity index (χ1n) is 5.62. The van der Waals surface area contributed by atoms with Gasteiger partial charge >= 0.3 is 0 Å². The van der Waals surface area contributed by atoms with Gasteiger partial charge in [0.2, 0.25) is 0 Å². The summed E-state index contributed by atoms with van der Waals surface area (Å²) < 4.78 is 7.57. The van der Waals surface area contributed by atoms with Crippen molar-refractivity contribution in [2.45, 2.75) is 20.1 Å². The van der Waals surface area contributed by atoms with Crippen LogP contribution in [0.2, 0.25) is 5.02 Å². The van der Waals surface area contributed by atoms with Gasteiger partial charge < -0.3 is 9.30 Å². The van der Waals surface area contributed by atoms with Crippen LogP contribution in [-0.4, -0.2) is 15.8 Å². The zero-order valence-electron chi connectivity index (χ0n) is 9.97. The molecule has 1 aromatic carbocycles. The quantitative estimate of drug-likeness (QED) is 0.780. The highest BCUT2D eigenvalue weighted by atomic mass is 35.5. The minimum atomic E-state index is 0.308. The molecule has 0 aliphatic heterocycles. The molecule has 0 N–H and O–H groups in total. The second kappa shape index (κ2) is 5.69. The number of hydrogen-bond acceptors (Lipinski definition) is 3. The first-order valence-corrected chi connectivity index (χ1v) is 6.00. The second-order valence-electron chi connectivity index (χ2n) is 3.69. The van der Waals surface area contributed by atoms with Crippen molar-refractivity contribution in [3.63, 3.8) is 0 Å². The molecule has 0 spiro atoms. The maximum Gasteiger partial charge on any atom is 0.155 e. The van der Waals surface area contributed by atoms with E-state index >= 15 is 0 Å². The van der Waals surface area contributed by atoms with E-state index in [1.165, 1.54) is 0 Å². The van der Waals surface area contributed by atoms with Crippen LogP contribution < -0.4 is 4.74 Å². The average molecular weight is 265 g/mol. The van der Waals surface area contributed by atoms with E-state index in [0.717, 1.165) is 12.4 Å². The summed E-state index contributed by atoms with van der Waals surface area (Å²) in [5.74, 6) is 1.29. The third-order valence-corrected chi connectivity index (χ3v) is 2.96. The number of halogens is 1. The van der Waals surface area contributed by atoms with Crippen LogP contribution in [0.3, 0.4) is 0 Å². The summed E-state index contributed by atoms with van der Waals surface area (Å²) in [7, 11) is 0. The van der Waals surface area contributed by atoms with E-state index in [4.69, 9.17) is 16.3 Å². The first kappa shape index (κ1) is 12.6. The van der Waals surface area contributed by atoms with E-state index in [0.29, 0.717) is 29.2 Å². The Morgan fingerprint density at radius 1 is 1.50 bits per heavy atom. The Hall–Kier alpha value is -1.81. The summed E-state index contributed by atoms with van der Waals surface area (Å²) in [6.07, 6.45) is 4.31. The standard InChI is InChI=1S/C13H13ClN2O2/c1-2-16-7-6-15-13(16)9-18-12-5-3-4-11(14)10(12)8-17/h3-8H,2,9H2,1H3. The van der Waals surface area contributed by atoms with Gasteiger partial charge in [0, 0.05) is 18.9 Å². The Morgan fingerprint density at radius 3 is 3.06 bits per heavy atom. The van der Waals surface area contributed by atoms with Crippen molar-refractivity contribution < 1.29 is 9.53 Å². The third-order valence-electron chi connectivity index (χ3n) is 2.63. The number of imidazole rings is 1. The van der Waals surface area contributed by atoms with E-state index in [1.807, 2.05) is 17.7 Å². The van der Waals surface area contributed by atoms with Gasteiger partial charge in [-0.05, 0) is 19.1 Å². The lowest BCUT2D eigenvalue weighted by atomic mass is 10.2. The summed E-state index contributed by atoms with van der Waals surface area (Å²) in [4.78, 5) is 15.1. The molecule has 0 radical (unpaired) electrons. The predicted molar refractivity (Wildman–Crippen MR) is 69.1 cm³/mol. The van der Waals surface area contributed by atoms with Crippen LogP contribution in [0, 0.1) is 0 Å². The third kappa shape index (κ3) is 2.54. The van der Waals surface area contributed by atoms with Gasteiger partial charge in [0.1, 0.15) is 18.2 Å². The van der Waals surface area contributed by atoms with Crippen LogP contribution in [0.1, 0.15) is 23.1 Å². The lowest BCUT2D eigenvalue weighted by molar-refractivity contribution is 0.111.